The molecule has 3 aromatic rings. The molecule has 0 fully saturated rings. The largest absolute Gasteiger partial charge is 0.339 e. The number of non-ortho nitro benzene ring substituents is 1. The lowest BCUT2D eigenvalue weighted by molar-refractivity contribution is -0.384. The van der Waals surface area contributed by atoms with E-state index < -0.39 is 11.0 Å². The number of thiophene rings is 1. The Hall–Kier alpha value is -3.07. The molecule has 2 heterocycles. The second-order valence-corrected chi connectivity index (χ2v) is 7.03. The molecule has 0 unspecified atom stereocenters. The summed E-state index contributed by atoms with van der Waals surface area (Å²) in [5, 5.41) is 19.7. The number of nitrogens with zero attached hydrogens (tertiary/aromatic N) is 3. The summed E-state index contributed by atoms with van der Waals surface area (Å²) >= 11 is 1.35. The van der Waals surface area contributed by atoms with Crippen molar-refractivity contribution in [1.82, 2.24) is 15.5 Å². The van der Waals surface area contributed by atoms with E-state index in [0.717, 1.165) is 6.42 Å². The number of nitro groups is 1. The number of aromatic nitrogens is 2. The number of carbonyl (C=O) groups excluding carboxylic acids is 1. The molecule has 0 aliphatic carbocycles. The monoisotopic (exact) mass is 386 g/mol. The minimum absolute atomic E-state index is 0.0525. The number of rotatable bonds is 7. The van der Waals surface area contributed by atoms with Gasteiger partial charge in [0, 0.05) is 17.7 Å². The van der Waals surface area contributed by atoms with E-state index in [-0.39, 0.29) is 29.2 Å². The van der Waals surface area contributed by atoms with Gasteiger partial charge in [0.15, 0.2) is 0 Å². The predicted molar refractivity (Wildman–Crippen MR) is 100 cm³/mol. The smallest absolute Gasteiger partial charge is 0.270 e. The van der Waals surface area contributed by atoms with Crippen LogP contribution in [0.1, 0.15) is 41.9 Å². The molecule has 2 aromatic heterocycles. The Bertz CT molecular complexity index is 939. The lowest BCUT2D eigenvalue weighted by Gasteiger charge is -2.20. The van der Waals surface area contributed by atoms with Crippen molar-refractivity contribution in [2.75, 3.05) is 0 Å². The van der Waals surface area contributed by atoms with Crippen LogP contribution in [-0.2, 0) is 0 Å². The highest BCUT2D eigenvalue weighted by Crippen LogP contribution is 2.27. The van der Waals surface area contributed by atoms with Crippen molar-refractivity contribution >= 4 is 22.9 Å². The molecule has 1 amide bonds. The third-order valence-corrected chi connectivity index (χ3v) is 5.14. The molecule has 0 radical (unpaired) electrons. The quantitative estimate of drug-likeness (QED) is 0.480. The highest BCUT2D eigenvalue weighted by molar-refractivity contribution is 7.12. The Morgan fingerprint density at radius 1 is 1.37 bits per heavy atom. The molecule has 3 rings (SSSR count). The van der Waals surface area contributed by atoms with E-state index in [4.69, 9.17) is 4.52 Å². The summed E-state index contributed by atoms with van der Waals surface area (Å²) in [5.74, 6) is 0.376. The first kappa shape index (κ1) is 18.7. The van der Waals surface area contributed by atoms with Gasteiger partial charge in [-0.1, -0.05) is 43.6 Å². The second-order valence-electron chi connectivity index (χ2n) is 6.08. The highest BCUT2D eigenvalue weighted by atomic mass is 32.1. The Morgan fingerprint density at radius 3 is 2.85 bits per heavy atom. The number of amides is 1. The molecule has 0 aliphatic rings. The van der Waals surface area contributed by atoms with Crippen LogP contribution in [0.4, 0.5) is 5.69 Å². The average molecular weight is 386 g/mol. The maximum Gasteiger partial charge on any atom is 0.270 e. The zero-order valence-corrected chi connectivity index (χ0v) is 15.6. The molecule has 9 heteroatoms. The molecule has 0 bridgehead atoms. The number of benzene rings is 1. The number of nitrogens with one attached hydrogen (secondary N) is 1. The van der Waals surface area contributed by atoms with Gasteiger partial charge in [-0.05, 0) is 17.4 Å². The first-order valence-corrected chi connectivity index (χ1v) is 9.30. The van der Waals surface area contributed by atoms with Crippen LogP contribution in [0.5, 0.6) is 0 Å². The zero-order chi connectivity index (χ0) is 19.4. The normalized spacial score (nSPS) is 13.1. The summed E-state index contributed by atoms with van der Waals surface area (Å²) in [5.41, 5.74) is 0.426. The Balaban J connectivity index is 1.87. The van der Waals surface area contributed by atoms with Crippen LogP contribution in [0.2, 0.25) is 0 Å². The fraction of sp³-hybridized carbons (Fsp3) is 0.278. The lowest BCUT2D eigenvalue weighted by Crippen LogP contribution is -2.32. The van der Waals surface area contributed by atoms with Crippen LogP contribution < -0.4 is 5.32 Å². The molecule has 2 atom stereocenters. The Kier molecular flexibility index (Phi) is 5.60. The first-order chi connectivity index (χ1) is 13.0. The van der Waals surface area contributed by atoms with Gasteiger partial charge >= 0.3 is 0 Å². The van der Waals surface area contributed by atoms with E-state index in [0.29, 0.717) is 10.4 Å². The summed E-state index contributed by atoms with van der Waals surface area (Å²) in [6.07, 6.45) is 0.796. The van der Waals surface area contributed by atoms with Gasteiger partial charge in [0.2, 0.25) is 11.7 Å². The van der Waals surface area contributed by atoms with Crippen LogP contribution in [0, 0.1) is 16.0 Å². The highest BCUT2D eigenvalue weighted by Gasteiger charge is 2.27. The summed E-state index contributed by atoms with van der Waals surface area (Å²) in [4.78, 5) is 27.9. The second kappa shape index (κ2) is 8.09. The lowest BCUT2D eigenvalue weighted by atomic mass is 9.99. The molecule has 27 heavy (non-hydrogen) atoms. The number of hydrogen-bond donors (Lipinski definition) is 1. The van der Waals surface area contributed by atoms with E-state index in [9.17, 15) is 14.9 Å². The third-order valence-electron chi connectivity index (χ3n) is 4.27. The fourth-order valence-corrected chi connectivity index (χ4v) is 3.17. The zero-order valence-electron chi connectivity index (χ0n) is 14.8. The predicted octanol–water partition coefficient (Wildman–Crippen LogP) is 4.22. The Labute approximate surface area is 159 Å². The van der Waals surface area contributed by atoms with Crippen molar-refractivity contribution in [3.63, 3.8) is 0 Å². The molecule has 0 saturated heterocycles. The SMILES string of the molecule is CC[C@H](C)[C@@H](NC(=O)c1cccs1)c1nc(-c2cccc([N+](=O)[O-])c2)no1. The molecule has 0 aliphatic heterocycles. The standard InChI is InChI=1S/C18H18N4O4S/c1-3-11(2)15(19-17(23)14-8-5-9-27-14)18-20-16(21-26-18)12-6-4-7-13(10-12)22(24)25/h4-11,15H,3H2,1-2H3,(H,19,23)/t11-,15+/m0/s1. The molecule has 1 aromatic carbocycles. The van der Waals surface area contributed by atoms with Crippen LogP contribution in [0.3, 0.4) is 0 Å². The van der Waals surface area contributed by atoms with Crippen molar-refractivity contribution < 1.29 is 14.2 Å². The minimum atomic E-state index is -0.478. The van der Waals surface area contributed by atoms with Crippen molar-refractivity contribution in [2.45, 2.75) is 26.3 Å². The van der Waals surface area contributed by atoms with E-state index in [2.05, 4.69) is 15.5 Å². The van der Waals surface area contributed by atoms with E-state index in [1.165, 1.54) is 23.5 Å². The molecular weight excluding hydrogens is 368 g/mol. The van der Waals surface area contributed by atoms with Gasteiger partial charge < -0.3 is 9.84 Å². The van der Waals surface area contributed by atoms with Gasteiger partial charge in [-0.15, -0.1) is 11.3 Å². The van der Waals surface area contributed by atoms with E-state index in [1.54, 1.807) is 18.2 Å². The van der Waals surface area contributed by atoms with Gasteiger partial charge in [0.25, 0.3) is 11.6 Å². The average Bonchev–Trinajstić information content (AvgIpc) is 3.37. The van der Waals surface area contributed by atoms with Crippen molar-refractivity contribution in [3.05, 3.63) is 62.7 Å². The van der Waals surface area contributed by atoms with Crippen LogP contribution in [-0.4, -0.2) is 21.0 Å². The van der Waals surface area contributed by atoms with Crippen LogP contribution in [0.25, 0.3) is 11.4 Å². The fourth-order valence-electron chi connectivity index (χ4n) is 2.54. The van der Waals surface area contributed by atoms with Crippen molar-refractivity contribution in [3.8, 4) is 11.4 Å². The van der Waals surface area contributed by atoms with Gasteiger partial charge in [0.1, 0.15) is 6.04 Å². The number of hydrogen-bond acceptors (Lipinski definition) is 7. The summed E-state index contributed by atoms with van der Waals surface area (Å²) < 4.78 is 5.38. The van der Waals surface area contributed by atoms with Crippen molar-refractivity contribution in [2.24, 2.45) is 5.92 Å². The summed E-state index contributed by atoms with van der Waals surface area (Å²) in [6.45, 7) is 3.99. The van der Waals surface area contributed by atoms with Gasteiger partial charge in [0.05, 0.1) is 9.80 Å². The molecule has 0 spiro atoms. The molecule has 8 nitrogen and oxygen atoms in total. The molecule has 140 valence electrons. The summed E-state index contributed by atoms with van der Waals surface area (Å²) in [7, 11) is 0. The maximum absolute atomic E-state index is 12.4. The Morgan fingerprint density at radius 2 is 2.19 bits per heavy atom. The van der Waals surface area contributed by atoms with E-state index >= 15 is 0 Å². The molecule has 0 saturated carbocycles. The summed E-state index contributed by atoms with van der Waals surface area (Å²) in [6, 6.07) is 9.12. The first-order valence-electron chi connectivity index (χ1n) is 8.42. The van der Waals surface area contributed by atoms with E-state index in [1.807, 2.05) is 25.3 Å². The third kappa shape index (κ3) is 4.20. The van der Waals surface area contributed by atoms with Crippen molar-refractivity contribution in [1.29, 1.82) is 0 Å². The van der Waals surface area contributed by atoms with Gasteiger partial charge in [-0.3, -0.25) is 14.9 Å². The van der Waals surface area contributed by atoms with Gasteiger partial charge in [-0.2, -0.15) is 4.98 Å². The van der Waals surface area contributed by atoms with Crippen LogP contribution in [0.15, 0.2) is 46.3 Å². The maximum atomic E-state index is 12.4. The molecule has 1 N–H and O–H groups in total. The topological polar surface area (TPSA) is 111 Å². The molecular formula is C18H18N4O4S. The number of carbonyl (C=O) groups is 1. The number of nitro benzene ring substituents is 1. The van der Waals surface area contributed by atoms with Crippen LogP contribution >= 0.6 is 11.3 Å². The minimum Gasteiger partial charge on any atom is -0.339 e. The van der Waals surface area contributed by atoms with Gasteiger partial charge in [-0.25, -0.2) is 0 Å².